The van der Waals surface area contributed by atoms with Gasteiger partial charge in [-0.3, -0.25) is 4.79 Å². The minimum atomic E-state index is -0.0820. The van der Waals surface area contributed by atoms with E-state index < -0.39 is 0 Å². The van der Waals surface area contributed by atoms with Gasteiger partial charge in [-0.2, -0.15) is 5.10 Å². The molecule has 3 rings (SSSR count). The number of rotatable bonds is 7. The molecule has 4 nitrogen and oxygen atoms in total. The van der Waals surface area contributed by atoms with Crippen molar-refractivity contribution in [2.75, 3.05) is 11.5 Å². The first-order chi connectivity index (χ1) is 13.5. The Kier molecular flexibility index (Phi) is 7.91. The summed E-state index contributed by atoms with van der Waals surface area (Å²) >= 11 is 10.7. The van der Waals surface area contributed by atoms with Crippen LogP contribution < -0.4 is 10.2 Å². The van der Waals surface area contributed by atoms with Gasteiger partial charge in [-0.05, 0) is 40.5 Å². The maximum absolute atomic E-state index is 12.2. The van der Waals surface area contributed by atoms with Crippen molar-refractivity contribution in [2.45, 2.75) is 24.0 Å². The molecule has 28 heavy (non-hydrogen) atoms. The molecule has 1 N–H and O–H groups in total. The van der Waals surface area contributed by atoms with Gasteiger partial charge in [0.2, 0.25) is 5.91 Å². The van der Waals surface area contributed by atoms with Crippen molar-refractivity contribution in [1.29, 1.82) is 0 Å². The number of benzene rings is 2. The average molecular weight is 544 g/mol. The molecule has 0 unspecified atom stereocenters. The number of nitrogens with one attached hydrogen (secondary N) is 1. The van der Waals surface area contributed by atoms with E-state index in [4.69, 9.17) is 4.74 Å². The van der Waals surface area contributed by atoms with Crippen LogP contribution in [0.4, 0.5) is 0 Å². The smallest absolute Gasteiger partial charge is 0.242 e. The summed E-state index contributed by atoms with van der Waals surface area (Å²) in [6.07, 6.45) is 2.06. The van der Waals surface area contributed by atoms with Crippen molar-refractivity contribution in [3.63, 3.8) is 0 Å². The zero-order chi connectivity index (χ0) is 20.0. The lowest BCUT2D eigenvalue weighted by Crippen LogP contribution is -2.26. The summed E-state index contributed by atoms with van der Waals surface area (Å²) in [7, 11) is 0. The molecule has 0 aliphatic carbocycles. The molecule has 1 saturated heterocycles. The third-order valence-electron chi connectivity index (χ3n) is 4.04. The maximum atomic E-state index is 12.2. The highest BCUT2D eigenvalue weighted by Gasteiger charge is 2.32. The number of hydrazone groups is 1. The number of carbonyl (C=O) groups is 1. The van der Waals surface area contributed by atoms with Crippen LogP contribution in [-0.4, -0.2) is 27.7 Å². The fraction of sp³-hybridized carbons (Fsp3) is 0.300. The number of ether oxygens (including phenoxy) is 1. The van der Waals surface area contributed by atoms with Crippen molar-refractivity contribution in [3.8, 4) is 5.75 Å². The number of thioether (sulfide) groups is 2. The van der Waals surface area contributed by atoms with E-state index in [-0.39, 0.29) is 9.99 Å². The number of hydrogen-bond donors (Lipinski definition) is 1. The maximum Gasteiger partial charge on any atom is 0.242 e. The van der Waals surface area contributed by atoms with Gasteiger partial charge in [0.25, 0.3) is 0 Å². The van der Waals surface area contributed by atoms with Gasteiger partial charge >= 0.3 is 0 Å². The van der Waals surface area contributed by atoms with Gasteiger partial charge in [0.15, 0.2) is 0 Å². The van der Waals surface area contributed by atoms with Gasteiger partial charge in [-0.1, -0.05) is 46.3 Å². The molecular weight excluding hydrogens is 524 g/mol. The minimum Gasteiger partial charge on any atom is -0.487 e. The predicted molar refractivity (Wildman–Crippen MR) is 126 cm³/mol. The Bertz CT molecular complexity index is 857. The fourth-order valence-corrected chi connectivity index (χ4v) is 6.92. The Balaban J connectivity index is 1.66. The second-order valence-corrected chi connectivity index (χ2v) is 11.6. The molecule has 0 bridgehead atoms. The molecule has 148 valence electrons. The molecule has 0 aromatic heterocycles. The van der Waals surface area contributed by atoms with E-state index in [2.05, 4.69) is 49.3 Å². The summed E-state index contributed by atoms with van der Waals surface area (Å²) in [5, 5.41) is 4.15. The Hall–Kier alpha value is -0.960. The summed E-state index contributed by atoms with van der Waals surface area (Å²) in [6.45, 7) is 2.56. The summed E-state index contributed by atoms with van der Waals surface area (Å²) < 4.78 is 7.67. The standard InChI is InChI=1S/C20H20Br2N2O2S2/c1-20(27-7-8-28-20)11-18(25)24-23-12-15-9-16(21)10-17(22)19(15)26-13-14-5-3-2-4-6-14/h2-6,9-10,12H,7-8,11,13H2,1H3,(H,24,25)/b23-12-. The monoisotopic (exact) mass is 542 g/mol. The fourth-order valence-electron chi connectivity index (χ4n) is 2.72. The van der Waals surface area contributed by atoms with E-state index in [0.717, 1.165) is 31.6 Å². The molecule has 1 heterocycles. The largest absolute Gasteiger partial charge is 0.487 e. The second-order valence-electron chi connectivity index (χ2n) is 6.38. The van der Waals surface area contributed by atoms with Gasteiger partial charge in [-0.25, -0.2) is 5.43 Å². The summed E-state index contributed by atoms with van der Waals surface area (Å²) in [5.74, 6) is 2.78. The number of amides is 1. The third-order valence-corrected chi connectivity index (χ3v) is 8.37. The summed E-state index contributed by atoms with van der Waals surface area (Å²) in [6, 6.07) is 13.8. The molecule has 8 heteroatoms. The van der Waals surface area contributed by atoms with Crippen molar-refractivity contribution in [3.05, 3.63) is 62.5 Å². The topological polar surface area (TPSA) is 50.7 Å². The molecule has 1 fully saturated rings. The third kappa shape index (κ3) is 6.27. The van der Waals surface area contributed by atoms with E-state index >= 15 is 0 Å². The number of hydrogen-bond acceptors (Lipinski definition) is 5. The first-order valence-electron chi connectivity index (χ1n) is 8.71. The highest BCUT2D eigenvalue weighted by atomic mass is 79.9. The van der Waals surface area contributed by atoms with Crippen LogP contribution in [0.2, 0.25) is 0 Å². The SMILES string of the molecule is CC1(CC(=O)N/N=C\c2cc(Br)cc(Br)c2OCc2ccccc2)SCCS1. The number of nitrogens with zero attached hydrogens (tertiary/aromatic N) is 1. The van der Waals surface area contributed by atoms with Crippen LogP contribution in [0.5, 0.6) is 5.75 Å². The molecule has 2 aromatic carbocycles. The molecule has 1 aliphatic heterocycles. The van der Waals surface area contributed by atoms with Crippen LogP contribution in [0.3, 0.4) is 0 Å². The van der Waals surface area contributed by atoms with Crippen molar-refractivity contribution in [1.82, 2.24) is 5.43 Å². The van der Waals surface area contributed by atoms with Crippen molar-refractivity contribution < 1.29 is 9.53 Å². The molecule has 0 atom stereocenters. The normalized spacial score (nSPS) is 15.7. The van der Waals surface area contributed by atoms with Crippen LogP contribution in [0.15, 0.2) is 56.5 Å². The van der Waals surface area contributed by atoms with Gasteiger partial charge in [-0.15, -0.1) is 23.5 Å². The zero-order valence-electron chi connectivity index (χ0n) is 15.3. The molecule has 0 spiro atoms. The van der Waals surface area contributed by atoms with E-state index in [1.807, 2.05) is 66.0 Å². The summed E-state index contributed by atoms with van der Waals surface area (Å²) in [4.78, 5) is 12.2. The quantitative estimate of drug-likeness (QED) is 0.353. The van der Waals surface area contributed by atoms with E-state index in [1.54, 1.807) is 6.21 Å². The van der Waals surface area contributed by atoms with Gasteiger partial charge in [0.05, 0.1) is 21.2 Å². The first-order valence-corrected chi connectivity index (χ1v) is 12.3. The molecule has 1 amide bonds. The number of halogens is 2. The van der Waals surface area contributed by atoms with Gasteiger partial charge in [0, 0.05) is 21.5 Å². The molecule has 0 saturated carbocycles. The van der Waals surface area contributed by atoms with E-state index in [0.29, 0.717) is 18.8 Å². The average Bonchev–Trinajstić information content (AvgIpc) is 3.07. The van der Waals surface area contributed by atoms with Crippen LogP contribution in [0, 0.1) is 0 Å². The Morgan fingerprint density at radius 1 is 1.25 bits per heavy atom. The highest BCUT2D eigenvalue weighted by molar-refractivity contribution is 9.11. The lowest BCUT2D eigenvalue weighted by molar-refractivity contribution is -0.121. The lowest BCUT2D eigenvalue weighted by Gasteiger charge is -2.19. The molecule has 2 aromatic rings. The van der Waals surface area contributed by atoms with Gasteiger partial charge < -0.3 is 4.74 Å². The predicted octanol–water partition coefficient (Wildman–Crippen LogP) is 5.83. The zero-order valence-corrected chi connectivity index (χ0v) is 20.1. The summed E-state index contributed by atoms with van der Waals surface area (Å²) in [5.41, 5.74) is 4.49. The van der Waals surface area contributed by atoms with E-state index in [1.165, 1.54) is 0 Å². The number of carbonyl (C=O) groups excluding carboxylic acids is 1. The highest BCUT2D eigenvalue weighted by Crippen LogP contribution is 2.45. The second kappa shape index (κ2) is 10.2. The van der Waals surface area contributed by atoms with Crippen LogP contribution in [0.25, 0.3) is 0 Å². The van der Waals surface area contributed by atoms with Gasteiger partial charge in [0.1, 0.15) is 12.4 Å². The van der Waals surface area contributed by atoms with E-state index in [9.17, 15) is 4.79 Å². The Labute approximate surface area is 190 Å². The van der Waals surface area contributed by atoms with Crippen molar-refractivity contribution >= 4 is 67.5 Å². The lowest BCUT2D eigenvalue weighted by atomic mass is 10.2. The molecular formula is C20H20Br2N2O2S2. The van der Waals surface area contributed by atoms with Crippen LogP contribution >= 0.6 is 55.4 Å². The molecule has 1 aliphatic rings. The Morgan fingerprint density at radius 2 is 1.96 bits per heavy atom. The van der Waals surface area contributed by atoms with Crippen molar-refractivity contribution in [2.24, 2.45) is 5.10 Å². The first kappa shape index (κ1) is 21.7. The Morgan fingerprint density at radius 3 is 2.68 bits per heavy atom. The minimum absolute atomic E-state index is 0.0532. The van der Waals surface area contributed by atoms with Crippen LogP contribution in [-0.2, 0) is 11.4 Å². The molecule has 0 radical (unpaired) electrons. The van der Waals surface area contributed by atoms with Crippen LogP contribution in [0.1, 0.15) is 24.5 Å².